The molecule has 7 heteroatoms. The largest absolute Gasteiger partial charge is 0.296 e. The van der Waals surface area contributed by atoms with Crippen LogP contribution in [0.1, 0.15) is 21.6 Å². The van der Waals surface area contributed by atoms with Crippen molar-refractivity contribution in [1.29, 1.82) is 0 Å². The quantitative estimate of drug-likeness (QED) is 0.575. The van der Waals surface area contributed by atoms with Gasteiger partial charge in [0, 0.05) is 23.4 Å². The van der Waals surface area contributed by atoms with Gasteiger partial charge >= 0.3 is 0 Å². The lowest BCUT2D eigenvalue weighted by Crippen LogP contribution is -2.25. The first-order valence-corrected chi connectivity index (χ1v) is 9.62. The normalized spacial score (nSPS) is 11.0. The molecule has 4 rings (SSSR count). The van der Waals surface area contributed by atoms with E-state index in [4.69, 9.17) is 0 Å². The maximum absolute atomic E-state index is 12.8. The van der Waals surface area contributed by atoms with Crippen LogP contribution in [0.15, 0.2) is 52.6 Å². The van der Waals surface area contributed by atoms with Crippen molar-refractivity contribution in [3.05, 3.63) is 75.0 Å². The van der Waals surface area contributed by atoms with Crippen molar-refractivity contribution in [1.82, 2.24) is 14.8 Å². The zero-order chi connectivity index (χ0) is 19.8. The smallest absolute Gasteiger partial charge is 0.278 e. The number of amides is 1. The van der Waals surface area contributed by atoms with Gasteiger partial charge in [0.1, 0.15) is 0 Å². The summed E-state index contributed by atoms with van der Waals surface area (Å²) in [5.74, 6) is -0.395. The molecule has 28 heavy (non-hydrogen) atoms. The number of nitrogens with zero attached hydrogens (tertiary/aromatic N) is 3. The molecule has 140 valence electrons. The number of fused-ring (bicyclic) bond motifs is 1. The number of hydrogen-bond donors (Lipinski definition) is 1. The number of hydrogen-bond acceptors (Lipinski definition) is 5. The van der Waals surface area contributed by atoms with Crippen LogP contribution in [0.5, 0.6) is 0 Å². The average molecular weight is 390 g/mol. The minimum atomic E-state index is -0.395. The molecule has 0 aliphatic rings. The van der Waals surface area contributed by atoms with Crippen molar-refractivity contribution in [3.8, 4) is 11.3 Å². The van der Waals surface area contributed by atoms with E-state index >= 15 is 0 Å². The van der Waals surface area contributed by atoms with Crippen molar-refractivity contribution in [2.24, 2.45) is 7.05 Å². The molecule has 1 N–H and O–H groups in total. The second kappa shape index (κ2) is 7.01. The summed E-state index contributed by atoms with van der Waals surface area (Å²) in [5, 5.41) is 10.4. The first-order chi connectivity index (χ1) is 13.4. The molecule has 0 atom stereocenters. The molecule has 0 radical (unpaired) electrons. The van der Waals surface area contributed by atoms with Gasteiger partial charge in [-0.1, -0.05) is 35.9 Å². The summed E-state index contributed by atoms with van der Waals surface area (Å²) in [6.45, 7) is 4.07. The number of anilines is 1. The fraction of sp³-hybridized carbons (Fsp3) is 0.143. The molecule has 1 amide bonds. The van der Waals surface area contributed by atoms with Gasteiger partial charge in [-0.2, -0.15) is 5.10 Å². The number of carbonyl (C=O) groups is 1. The highest BCUT2D eigenvalue weighted by Crippen LogP contribution is 2.28. The lowest BCUT2D eigenvalue weighted by molar-refractivity contribution is 0.102. The monoisotopic (exact) mass is 390 g/mol. The SMILES string of the molecule is Cc1ccc(C)c(-c2csc(NC(=O)c3nn(C)c(=O)c4ccccc34)n2)c1. The highest BCUT2D eigenvalue weighted by atomic mass is 32.1. The van der Waals surface area contributed by atoms with Crippen molar-refractivity contribution in [2.45, 2.75) is 13.8 Å². The zero-order valence-corrected chi connectivity index (χ0v) is 16.5. The van der Waals surface area contributed by atoms with Crippen LogP contribution in [0, 0.1) is 13.8 Å². The van der Waals surface area contributed by atoms with Crippen LogP contribution in [-0.4, -0.2) is 20.7 Å². The third-order valence-electron chi connectivity index (χ3n) is 4.57. The summed E-state index contributed by atoms with van der Waals surface area (Å²) in [4.78, 5) is 29.6. The molecule has 0 aliphatic heterocycles. The van der Waals surface area contributed by atoms with Crippen LogP contribution in [0.3, 0.4) is 0 Å². The average Bonchev–Trinajstić information content (AvgIpc) is 3.14. The van der Waals surface area contributed by atoms with Crippen LogP contribution in [0.25, 0.3) is 22.0 Å². The fourth-order valence-corrected chi connectivity index (χ4v) is 3.80. The molecule has 0 aliphatic carbocycles. The molecule has 0 bridgehead atoms. The van der Waals surface area contributed by atoms with E-state index in [9.17, 15) is 9.59 Å². The molecule has 0 fully saturated rings. The fourth-order valence-electron chi connectivity index (χ4n) is 3.09. The number of benzene rings is 2. The van der Waals surface area contributed by atoms with E-state index in [2.05, 4.69) is 33.6 Å². The molecule has 0 saturated carbocycles. The van der Waals surface area contributed by atoms with Gasteiger partial charge in [-0.3, -0.25) is 14.9 Å². The summed E-state index contributed by atoms with van der Waals surface area (Å²) in [5.41, 5.74) is 4.10. The number of carbonyl (C=O) groups excluding carboxylic acids is 1. The van der Waals surface area contributed by atoms with Crippen molar-refractivity contribution < 1.29 is 4.79 Å². The van der Waals surface area contributed by atoms with E-state index < -0.39 is 5.91 Å². The highest BCUT2D eigenvalue weighted by molar-refractivity contribution is 7.14. The van der Waals surface area contributed by atoms with Gasteiger partial charge in [0.15, 0.2) is 10.8 Å². The Morgan fingerprint density at radius 2 is 1.86 bits per heavy atom. The summed E-state index contributed by atoms with van der Waals surface area (Å²) in [6.07, 6.45) is 0. The Kier molecular flexibility index (Phi) is 4.52. The first kappa shape index (κ1) is 18.1. The van der Waals surface area contributed by atoms with E-state index in [0.29, 0.717) is 15.9 Å². The Morgan fingerprint density at radius 3 is 2.64 bits per heavy atom. The van der Waals surface area contributed by atoms with Gasteiger partial charge in [-0.15, -0.1) is 11.3 Å². The summed E-state index contributed by atoms with van der Waals surface area (Å²) >= 11 is 1.36. The predicted molar refractivity (Wildman–Crippen MR) is 112 cm³/mol. The molecule has 4 aromatic rings. The van der Waals surface area contributed by atoms with Crippen LogP contribution in [0.4, 0.5) is 5.13 Å². The van der Waals surface area contributed by atoms with E-state index in [1.165, 1.54) is 23.1 Å². The van der Waals surface area contributed by atoms with Crippen LogP contribution in [0.2, 0.25) is 0 Å². The standard InChI is InChI=1S/C21H18N4O2S/c1-12-8-9-13(2)16(10-12)17-11-28-21(22-17)23-19(26)18-14-6-4-5-7-15(14)20(27)25(3)24-18/h4-11H,1-3H3,(H,22,23,26). The van der Waals surface area contributed by atoms with Gasteiger partial charge in [0.25, 0.3) is 11.5 Å². The summed E-state index contributed by atoms with van der Waals surface area (Å²) in [6, 6.07) is 13.2. The van der Waals surface area contributed by atoms with Crippen molar-refractivity contribution in [3.63, 3.8) is 0 Å². The van der Waals surface area contributed by atoms with Crippen LogP contribution in [-0.2, 0) is 7.05 Å². The van der Waals surface area contributed by atoms with E-state index in [0.717, 1.165) is 22.4 Å². The molecular formula is C21H18N4O2S. The third-order valence-corrected chi connectivity index (χ3v) is 5.32. The Labute approximate surface area is 165 Å². The number of thiazole rings is 1. The molecule has 0 saturated heterocycles. The second-order valence-electron chi connectivity index (χ2n) is 6.63. The lowest BCUT2D eigenvalue weighted by Gasteiger charge is -2.07. The maximum Gasteiger partial charge on any atom is 0.278 e. The maximum atomic E-state index is 12.8. The molecule has 0 unspecified atom stereocenters. The van der Waals surface area contributed by atoms with Crippen LogP contribution >= 0.6 is 11.3 Å². The molecule has 2 aromatic heterocycles. The molecule has 2 heterocycles. The van der Waals surface area contributed by atoms with Crippen molar-refractivity contribution >= 4 is 33.1 Å². The molecule has 0 spiro atoms. The number of aromatic nitrogens is 3. The van der Waals surface area contributed by atoms with Gasteiger partial charge in [-0.05, 0) is 31.5 Å². The van der Waals surface area contributed by atoms with E-state index in [1.807, 2.05) is 19.2 Å². The first-order valence-electron chi connectivity index (χ1n) is 8.74. The number of aryl methyl sites for hydroxylation is 3. The summed E-state index contributed by atoms with van der Waals surface area (Å²) in [7, 11) is 1.54. The zero-order valence-electron chi connectivity index (χ0n) is 15.7. The second-order valence-corrected chi connectivity index (χ2v) is 7.49. The van der Waals surface area contributed by atoms with Gasteiger partial charge in [-0.25, -0.2) is 9.67 Å². The topological polar surface area (TPSA) is 76.9 Å². The van der Waals surface area contributed by atoms with Gasteiger partial charge < -0.3 is 0 Å². The van der Waals surface area contributed by atoms with Crippen LogP contribution < -0.4 is 10.9 Å². The Morgan fingerprint density at radius 1 is 1.11 bits per heavy atom. The summed E-state index contributed by atoms with van der Waals surface area (Å²) < 4.78 is 1.18. The van der Waals surface area contributed by atoms with Crippen molar-refractivity contribution in [2.75, 3.05) is 5.32 Å². The molecule has 2 aromatic carbocycles. The predicted octanol–water partition coefficient (Wildman–Crippen LogP) is 3.93. The Hall–Kier alpha value is -3.32. The Balaban J connectivity index is 1.68. The highest BCUT2D eigenvalue weighted by Gasteiger charge is 2.17. The lowest BCUT2D eigenvalue weighted by atomic mass is 10.0. The minimum absolute atomic E-state index is 0.196. The molecular weight excluding hydrogens is 372 g/mol. The van der Waals surface area contributed by atoms with Gasteiger partial charge in [0.2, 0.25) is 0 Å². The number of rotatable bonds is 3. The van der Waals surface area contributed by atoms with Gasteiger partial charge in [0.05, 0.1) is 11.1 Å². The van der Waals surface area contributed by atoms with E-state index in [1.54, 1.807) is 24.3 Å². The van der Waals surface area contributed by atoms with E-state index in [-0.39, 0.29) is 11.3 Å². The Bertz CT molecular complexity index is 1270. The number of nitrogens with one attached hydrogen (secondary N) is 1. The third kappa shape index (κ3) is 3.20. The minimum Gasteiger partial charge on any atom is -0.296 e. The molecule has 6 nitrogen and oxygen atoms in total.